The van der Waals surface area contributed by atoms with Crippen LogP contribution in [0, 0.1) is 0 Å². The first-order valence-corrected chi connectivity index (χ1v) is 12.2. The summed E-state index contributed by atoms with van der Waals surface area (Å²) in [6.07, 6.45) is 6.80. The second-order valence-corrected chi connectivity index (χ2v) is 9.58. The summed E-state index contributed by atoms with van der Waals surface area (Å²) in [6.45, 7) is 5.89. The number of piperidine rings is 1. The molecule has 29 heavy (non-hydrogen) atoms. The number of sulfonamides is 1. The zero-order chi connectivity index (χ0) is 21.4. The largest absolute Gasteiger partial charge is 0.354 e. The lowest BCUT2D eigenvalue weighted by atomic mass is 10.00. The van der Waals surface area contributed by atoms with Gasteiger partial charge in [0, 0.05) is 24.7 Å². The van der Waals surface area contributed by atoms with Gasteiger partial charge in [-0.1, -0.05) is 25.5 Å². The average molecular weight is 424 g/mol. The van der Waals surface area contributed by atoms with Crippen LogP contribution in [0.3, 0.4) is 0 Å². The lowest BCUT2D eigenvalue weighted by Gasteiger charge is -2.35. The first kappa shape index (κ1) is 23.3. The molecule has 0 aromatic heterocycles. The van der Waals surface area contributed by atoms with E-state index in [0.29, 0.717) is 23.8 Å². The Morgan fingerprint density at radius 3 is 2.69 bits per heavy atom. The molecule has 0 saturated carbocycles. The monoisotopic (exact) mass is 423 g/mol. The van der Waals surface area contributed by atoms with Crippen molar-refractivity contribution in [3.8, 4) is 0 Å². The summed E-state index contributed by atoms with van der Waals surface area (Å²) in [6, 6.07) is 6.95. The summed E-state index contributed by atoms with van der Waals surface area (Å²) < 4.78 is 25.5. The standard InChI is InChI=1S/C21H33N3O4S/c1-4-19-10-5-6-13-23(19)14-8-12-22-21(26)16-24(29(3,27)28)20-11-7-9-18(15-20)17(2)25/h7,9,11,15,19H,4-6,8,10,12-14,16H2,1-3H3,(H,22,26). The van der Waals surface area contributed by atoms with Gasteiger partial charge in [0.25, 0.3) is 0 Å². The minimum absolute atomic E-state index is 0.159. The third-order valence-electron chi connectivity index (χ3n) is 5.39. The predicted octanol–water partition coefficient (Wildman–Crippen LogP) is 2.43. The molecule has 2 rings (SSSR count). The maximum atomic E-state index is 12.4. The van der Waals surface area contributed by atoms with E-state index in [1.807, 2.05) is 0 Å². The summed E-state index contributed by atoms with van der Waals surface area (Å²) in [4.78, 5) is 26.4. The van der Waals surface area contributed by atoms with Crippen LogP contribution < -0.4 is 9.62 Å². The molecule has 162 valence electrons. The highest BCUT2D eigenvalue weighted by atomic mass is 32.2. The number of rotatable bonds is 10. The molecule has 1 fully saturated rings. The van der Waals surface area contributed by atoms with Gasteiger partial charge in [0.2, 0.25) is 15.9 Å². The van der Waals surface area contributed by atoms with Gasteiger partial charge in [0.15, 0.2) is 5.78 Å². The van der Waals surface area contributed by atoms with Gasteiger partial charge < -0.3 is 10.2 Å². The predicted molar refractivity (Wildman–Crippen MR) is 116 cm³/mol. The van der Waals surface area contributed by atoms with Gasteiger partial charge in [-0.05, 0) is 51.3 Å². The molecule has 8 heteroatoms. The number of amides is 1. The minimum Gasteiger partial charge on any atom is -0.354 e. The summed E-state index contributed by atoms with van der Waals surface area (Å²) in [5.41, 5.74) is 0.720. The molecule has 1 aromatic rings. The van der Waals surface area contributed by atoms with Crippen LogP contribution in [0.15, 0.2) is 24.3 Å². The molecule has 1 heterocycles. The molecule has 1 unspecified atom stereocenters. The van der Waals surface area contributed by atoms with Crippen LogP contribution in [0.2, 0.25) is 0 Å². The Labute approximate surface area is 174 Å². The molecular formula is C21H33N3O4S. The van der Waals surface area contributed by atoms with Crippen molar-refractivity contribution in [2.75, 3.05) is 36.7 Å². The van der Waals surface area contributed by atoms with Crippen molar-refractivity contribution in [2.45, 2.75) is 52.0 Å². The third-order valence-corrected chi connectivity index (χ3v) is 6.53. The topological polar surface area (TPSA) is 86.8 Å². The molecule has 1 aliphatic rings. The second kappa shape index (κ2) is 10.7. The molecule has 1 aromatic carbocycles. The van der Waals surface area contributed by atoms with E-state index in [-0.39, 0.29) is 18.2 Å². The van der Waals surface area contributed by atoms with Gasteiger partial charge in [-0.15, -0.1) is 0 Å². The maximum Gasteiger partial charge on any atom is 0.240 e. The second-order valence-electron chi connectivity index (χ2n) is 7.67. The number of likely N-dealkylation sites (tertiary alicyclic amines) is 1. The lowest BCUT2D eigenvalue weighted by Crippen LogP contribution is -2.42. The van der Waals surface area contributed by atoms with Gasteiger partial charge in [-0.2, -0.15) is 0 Å². The molecule has 0 aliphatic carbocycles. The van der Waals surface area contributed by atoms with E-state index < -0.39 is 10.0 Å². The number of ketones is 1. The summed E-state index contributed by atoms with van der Waals surface area (Å²) >= 11 is 0. The van der Waals surface area contributed by atoms with Gasteiger partial charge in [0.1, 0.15) is 6.54 Å². The number of hydrogen-bond donors (Lipinski definition) is 1. The molecule has 0 bridgehead atoms. The first-order chi connectivity index (χ1) is 13.7. The van der Waals surface area contributed by atoms with Crippen LogP contribution in [-0.4, -0.2) is 63.5 Å². The third kappa shape index (κ3) is 7.12. The van der Waals surface area contributed by atoms with Gasteiger partial charge in [-0.25, -0.2) is 8.42 Å². The van der Waals surface area contributed by atoms with Crippen LogP contribution >= 0.6 is 0 Å². The fraction of sp³-hybridized carbons (Fsp3) is 0.619. The van der Waals surface area contributed by atoms with Crippen molar-refractivity contribution in [3.05, 3.63) is 29.8 Å². The van der Waals surface area contributed by atoms with Crippen molar-refractivity contribution in [2.24, 2.45) is 0 Å². The smallest absolute Gasteiger partial charge is 0.240 e. The average Bonchev–Trinajstić information content (AvgIpc) is 2.69. The van der Waals surface area contributed by atoms with Gasteiger partial charge >= 0.3 is 0 Å². The quantitative estimate of drug-likeness (QED) is 0.461. The van der Waals surface area contributed by atoms with E-state index >= 15 is 0 Å². The zero-order valence-corrected chi connectivity index (χ0v) is 18.5. The summed E-state index contributed by atoms with van der Waals surface area (Å²) in [5.74, 6) is -0.512. The Hall–Kier alpha value is -1.93. The summed E-state index contributed by atoms with van der Waals surface area (Å²) in [5, 5.41) is 2.83. The molecule has 1 amide bonds. The minimum atomic E-state index is -3.66. The van der Waals surface area contributed by atoms with E-state index in [1.165, 1.54) is 32.3 Å². The Kier molecular flexibility index (Phi) is 8.64. The number of nitrogens with zero attached hydrogens (tertiary/aromatic N) is 2. The Balaban J connectivity index is 1.90. The van der Waals surface area contributed by atoms with E-state index in [2.05, 4.69) is 17.1 Å². The molecule has 1 aliphatic heterocycles. The summed E-state index contributed by atoms with van der Waals surface area (Å²) in [7, 11) is -3.66. The number of anilines is 1. The fourth-order valence-corrected chi connectivity index (χ4v) is 4.64. The number of Topliss-reactive ketones (excluding diaryl/α,β-unsaturated/α-hetero) is 1. The van der Waals surface area contributed by atoms with Crippen molar-refractivity contribution in [1.29, 1.82) is 0 Å². The van der Waals surface area contributed by atoms with Crippen LogP contribution in [-0.2, 0) is 14.8 Å². The highest BCUT2D eigenvalue weighted by molar-refractivity contribution is 7.92. The van der Waals surface area contributed by atoms with E-state index in [0.717, 1.165) is 36.5 Å². The molecular weight excluding hydrogens is 390 g/mol. The van der Waals surface area contributed by atoms with Crippen molar-refractivity contribution >= 4 is 27.4 Å². The fourth-order valence-electron chi connectivity index (χ4n) is 3.79. The van der Waals surface area contributed by atoms with Gasteiger partial charge in [-0.3, -0.25) is 13.9 Å². The molecule has 1 N–H and O–H groups in total. The maximum absolute atomic E-state index is 12.4. The van der Waals surface area contributed by atoms with Crippen molar-refractivity contribution in [1.82, 2.24) is 10.2 Å². The highest BCUT2D eigenvalue weighted by Crippen LogP contribution is 2.20. The molecule has 0 radical (unpaired) electrons. The Morgan fingerprint density at radius 1 is 1.28 bits per heavy atom. The zero-order valence-electron chi connectivity index (χ0n) is 17.7. The van der Waals surface area contributed by atoms with Gasteiger partial charge in [0.05, 0.1) is 11.9 Å². The normalized spacial score (nSPS) is 17.7. The van der Waals surface area contributed by atoms with Crippen molar-refractivity contribution in [3.63, 3.8) is 0 Å². The van der Waals surface area contributed by atoms with Crippen LogP contribution in [0.4, 0.5) is 5.69 Å². The van der Waals surface area contributed by atoms with Crippen LogP contribution in [0.1, 0.15) is 56.3 Å². The highest BCUT2D eigenvalue weighted by Gasteiger charge is 2.22. The molecule has 1 saturated heterocycles. The Bertz CT molecular complexity index is 810. The molecule has 1 atom stereocenters. The molecule has 7 nitrogen and oxygen atoms in total. The first-order valence-electron chi connectivity index (χ1n) is 10.3. The number of nitrogens with one attached hydrogen (secondary N) is 1. The number of hydrogen-bond acceptors (Lipinski definition) is 5. The van der Waals surface area contributed by atoms with E-state index in [1.54, 1.807) is 18.2 Å². The van der Waals surface area contributed by atoms with Crippen LogP contribution in [0.5, 0.6) is 0 Å². The molecule has 0 spiro atoms. The number of benzene rings is 1. The van der Waals surface area contributed by atoms with E-state index in [9.17, 15) is 18.0 Å². The van der Waals surface area contributed by atoms with Crippen molar-refractivity contribution < 1.29 is 18.0 Å². The SMILES string of the molecule is CCC1CCCCN1CCCNC(=O)CN(c1cccc(C(C)=O)c1)S(C)(=O)=O. The lowest BCUT2D eigenvalue weighted by molar-refractivity contribution is -0.119. The number of carbonyl (C=O) groups is 2. The van der Waals surface area contributed by atoms with Crippen LogP contribution in [0.25, 0.3) is 0 Å². The number of carbonyl (C=O) groups excluding carboxylic acids is 2. The van der Waals surface area contributed by atoms with E-state index in [4.69, 9.17) is 0 Å². The Morgan fingerprint density at radius 2 is 2.03 bits per heavy atom.